The van der Waals surface area contributed by atoms with Gasteiger partial charge in [-0.25, -0.2) is 4.79 Å². The van der Waals surface area contributed by atoms with E-state index in [4.69, 9.17) is 4.74 Å². The van der Waals surface area contributed by atoms with E-state index < -0.39 is 23.8 Å². The molecule has 3 aromatic rings. The average molecular weight is 605 g/mol. The Morgan fingerprint density at radius 2 is 1.71 bits per heavy atom. The van der Waals surface area contributed by atoms with E-state index in [2.05, 4.69) is 4.98 Å². The van der Waals surface area contributed by atoms with Gasteiger partial charge in [0, 0.05) is 16.0 Å². The first-order chi connectivity index (χ1) is 20.2. The number of imide groups is 1. The number of fused-ring (bicyclic) bond motifs is 9. The lowest BCUT2D eigenvalue weighted by Crippen LogP contribution is -2.47. The molecule has 1 aromatic heterocycles. The van der Waals surface area contributed by atoms with Gasteiger partial charge in [0.2, 0.25) is 11.8 Å². The van der Waals surface area contributed by atoms with Crippen molar-refractivity contribution in [2.24, 2.45) is 35.5 Å². The lowest BCUT2D eigenvalue weighted by molar-refractivity contribution is -0.156. The number of benzene rings is 2. The van der Waals surface area contributed by atoms with Gasteiger partial charge in [0.05, 0.1) is 16.9 Å². The fraction of sp³-hybridized carbons (Fsp3) is 0.438. The highest BCUT2D eigenvalue weighted by Crippen LogP contribution is 2.68. The number of carboxylic acid groups (broad SMARTS) is 1. The molecule has 218 valence electrons. The van der Waals surface area contributed by atoms with Gasteiger partial charge in [-0.3, -0.25) is 19.3 Å². The minimum atomic E-state index is -1.14. The molecule has 2 N–H and O–H groups in total. The molecule has 0 spiro atoms. The lowest BCUT2D eigenvalue weighted by atomic mass is 9.68. The van der Waals surface area contributed by atoms with Gasteiger partial charge in [-0.05, 0) is 59.8 Å². The number of aliphatic carboxylic acids is 1. The van der Waals surface area contributed by atoms with E-state index in [1.807, 2.05) is 68.4 Å². The number of rotatable bonds is 8. The number of thiazole rings is 1. The highest BCUT2D eigenvalue weighted by molar-refractivity contribution is 8.00. The molecule has 3 heterocycles. The first kappa shape index (κ1) is 27.5. The zero-order valence-corrected chi connectivity index (χ0v) is 24.9. The van der Waals surface area contributed by atoms with Crippen LogP contribution < -0.4 is 9.61 Å². The quantitative estimate of drug-likeness (QED) is 0.348. The first-order valence-electron chi connectivity index (χ1n) is 14.5. The van der Waals surface area contributed by atoms with Crippen LogP contribution in [0.1, 0.15) is 48.6 Å². The largest absolute Gasteiger partial charge is 0.489 e. The number of nitrogens with zero attached hydrogens (tertiary/aromatic N) is 1. The summed E-state index contributed by atoms with van der Waals surface area (Å²) in [7, 11) is 0. The standard InChI is InChI=1S/C32H32N2O6S2/c1-15(2)12-21(31(37)38)34-29(35)24-19-13-20(25(24)30(34)36)26-23(19)22(27-28(41-26)33-32(39)42-27)17-8-10-18(11-9-17)40-14-16-6-4-3-5-7-16/h3-11,15,19-26H,12-14H2,1-2H3,(H,33,39)(H,37,38)/t19?,20?,21?,22-,23?,24?,25?,26?/m1/s1. The number of nitrogens with one attached hydrogen (secondary N) is 1. The van der Waals surface area contributed by atoms with Crippen molar-refractivity contribution in [1.29, 1.82) is 0 Å². The molecule has 2 aliphatic carbocycles. The van der Waals surface area contributed by atoms with E-state index in [-0.39, 0.29) is 57.9 Å². The number of H-pyrrole nitrogens is 1. The van der Waals surface area contributed by atoms with Gasteiger partial charge in [-0.1, -0.05) is 67.6 Å². The van der Waals surface area contributed by atoms with Crippen molar-refractivity contribution in [3.63, 3.8) is 0 Å². The van der Waals surface area contributed by atoms with Gasteiger partial charge >= 0.3 is 10.8 Å². The highest BCUT2D eigenvalue weighted by Gasteiger charge is 2.70. The first-order valence-corrected chi connectivity index (χ1v) is 16.2. The summed E-state index contributed by atoms with van der Waals surface area (Å²) in [5.74, 6) is -2.16. The summed E-state index contributed by atoms with van der Waals surface area (Å²) >= 11 is 2.85. The smallest absolute Gasteiger partial charge is 0.326 e. The number of ether oxygens (including phenoxy) is 1. The maximum Gasteiger partial charge on any atom is 0.326 e. The number of hydrogen-bond donors (Lipinski definition) is 2. The lowest BCUT2D eigenvalue weighted by Gasteiger charge is -2.43. The molecular formula is C32H32N2O6S2. The van der Waals surface area contributed by atoms with Crippen molar-refractivity contribution in [3.05, 3.63) is 80.3 Å². The van der Waals surface area contributed by atoms with Crippen LogP contribution in [0.4, 0.5) is 0 Å². The Kier molecular flexibility index (Phi) is 6.81. The Morgan fingerprint density at radius 3 is 2.38 bits per heavy atom. The van der Waals surface area contributed by atoms with Crippen molar-refractivity contribution in [2.75, 3.05) is 0 Å². The molecule has 8 atom stereocenters. The van der Waals surface area contributed by atoms with Crippen molar-refractivity contribution in [1.82, 2.24) is 9.88 Å². The number of thioether (sulfide) groups is 1. The van der Waals surface area contributed by atoms with Crippen LogP contribution in [0.25, 0.3) is 0 Å². The van der Waals surface area contributed by atoms with Crippen LogP contribution in [0.2, 0.25) is 0 Å². The minimum Gasteiger partial charge on any atom is -0.489 e. The Morgan fingerprint density at radius 1 is 1.02 bits per heavy atom. The van der Waals surface area contributed by atoms with Crippen LogP contribution in [0.3, 0.4) is 0 Å². The van der Waals surface area contributed by atoms with Crippen molar-refractivity contribution in [2.45, 2.75) is 55.5 Å². The fourth-order valence-electron chi connectivity index (χ4n) is 8.00. The number of aromatic nitrogens is 1. The van der Waals surface area contributed by atoms with Crippen LogP contribution >= 0.6 is 23.1 Å². The third-order valence-electron chi connectivity index (χ3n) is 9.54. The third-order valence-corrected chi connectivity index (χ3v) is 12.1. The molecular weight excluding hydrogens is 572 g/mol. The summed E-state index contributed by atoms with van der Waals surface area (Å²) in [5.41, 5.74) is 2.13. The zero-order valence-electron chi connectivity index (χ0n) is 23.3. The summed E-state index contributed by atoms with van der Waals surface area (Å²) < 4.78 is 6.01. The molecule has 2 saturated carbocycles. The average Bonchev–Trinajstić information content (AvgIpc) is 3.70. The Bertz CT molecular complexity index is 1600. The van der Waals surface area contributed by atoms with Crippen molar-refractivity contribution in [3.8, 4) is 5.75 Å². The maximum atomic E-state index is 13.9. The van der Waals surface area contributed by atoms with Gasteiger partial charge in [0.15, 0.2) is 0 Å². The second-order valence-corrected chi connectivity index (χ2v) is 14.5. The predicted octanol–water partition coefficient (Wildman–Crippen LogP) is 4.99. The van der Waals surface area contributed by atoms with Crippen molar-refractivity contribution >= 4 is 40.9 Å². The summed E-state index contributed by atoms with van der Waals surface area (Å²) in [6.07, 6.45) is 1.00. The highest BCUT2D eigenvalue weighted by atomic mass is 32.2. The third kappa shape index (κ3) is 4.33. The molecule has 2 bridgehead atoms. The van der Waals surface area contributed by atoms with E-state index in [0.29, 0.717) is 6.61 Å². The fourth-order valence-corrected chi connectivity index (χ4v) is 10.9. The monoisotopic (exact) mass is 604 g/mol. The minimum absolute atomic E-state index is 0.0267. The van der Waals surface area contributed by atoms with Crippen molar-refractivity contribution < 1.29 is 24.2 Å². The predicted molar refractivity (Wildman–Crippen MR) is 158 cm³/mol. The van der Waals surface area contributed by atoms with Gasteiger partial charge in [-0.2, -0.15) is 0 Å². The SMILES string of the molecule is CC(C)CC(C(=O)O)N1C(=O)C2C3CC(C2C1=O)C1C3Sc2[nH]c(=O)sc2[C@@H]1c1ccc(OCc2ccccc2)cc1. The summed E-state index contributed by atoms with van der Waals surface area (Å²) in [4.78, 5) is 57.4. The normalized spacial score (nSPS) is 29.9. The number of carbonyl (C=O) groups is 3. The Labute approximate surface area is 251 Å². The topological polar surface area (TPSA) is 117 Å². The molecule has 8 nitrogen and oxygen atoms in total. The van der Waals surface area contributed by atoms with E-state index in [1.54, 1.807) is 11.8 Å². The van der Waals surface area contributed by atoms with Crippen LogP contribution in [-0.2, 0) is 21.0 Å². The van der Waals surface area contributed by atoms with E-state index in [1.165, 1.54) is 11.3 Å². The molecule has 1 saturated heterocycles. The maximum absolute atomic E-state index is 13.9. The molecule has 4 aliphatic rings. The molecule has 3 fully saturated rings. The molecule has 42 heavy (non-hydrogen) atoms. The van der Waals surface area contributed by atoms with Crippen LogP contribution in [-0.4, -0.2) is 44.1 Å². The number of carboxylic acids is 1. The summed E-state index contributed by atoms with van der Waals surface area (Å²) in [6.45, 7) is 4.26. The van der Waals surface area contributed by atoms with E-state index in [0.717, 1.165) is 38.1 Å². The van der Waals surface area contributed by atoms with E-state index in [9.17, 15) is 24.3 Å². The second kappa shape index (κ2) is 10.4. The van der Waals surface area contributed by atoms with Gasteiger partial charge in [0.25, 0.3) is 0 Å². The van der Waals surface area contributed by atoms with Gasteiger partial charge < -0.3 is 14.8 Å². The van der Waals surface area contributed by atoms with Crippen LogP contribution in [0.5, 0.6) is 5.75 Å². The molecule has 2 aromatic carbocycles. The molecule has 7 unspecified atom stereocenters. The molecule has 0 radical (unpaired) electrons. The molecule has 10 heteroatoms. The molecule has 7 rings (SSSR count). The zero-order chi connectivity index (χ0) is 29.3. The number of likely N-dealkylation sites (tertiary alicyclic amines) is 1. The van der Waals surface area contributed by atoms with Crippen LogP contribution in [0.15, 0.2) is 64.4 Å². The molecule has 2 aliphatic heterocycles. The second-order valence-electron chi connectivity index (χ2n) is 12.3. The molecule has 2 amide bonds. The Balaban J connectivity index is 1.21. The summed E-state index contributed by atoms with van der Waals surface area (Å²) in [6, 6.07) is 16.8. The number of carbonyl (C=O) groups excluding carboxylic acids is 2. The van der Waals surface area contributed by atoms with Gasteiger partial charge in [0.1, 0.15) is 18.4 Å². The number of aromatic amines is 1. The number of hydrogen-bond acceptors (Lipinski definition) is 7. The van der Waals surface area contributed by atoms with E-state index >= 15 is 0 Å². The Hall–Kier alpha value is -3.37. The number of amides is 2. The summed E-state index contributed by atoms with van der Waals surface area (Å²) in [5, 5.41) is 10.9. The van der Waals surface area contributed by atoms with Gasteiger partial charge in [-0.15, -0.1) is 11.8 Å². The van der Waals surface area contributed by atoms with Crippen LogP contribution in [0, 0.1) is 35.5 Å².